The van der Waals surface area contributed by atoms with Gasteiger partial charge in [0.25, 0.3) is 0 Å². The van der Waals surface area contributed by atoms with Crippen LogP contribution in [0.1, 0.15) is 0 Å². The molecule has 0 amide bonds. The molecule has 70 valence electrons. The van der Waals surface area contributed by atoms with E-state index in [1.54, 1.807) is 0 Å². The van der Waals surface area contributed by atoms with Crippen molar-refractivity contribution in [2.24, 2.45) is 5.73 Å². The van der Waals surface area contributed by atoms with Crippen LogP contribution in [0.15, 0.2) is 12.2 Å². The van der Waals surface area contributed by atoms with E-state index in [-0.39, 0.29) is 0 Å². The van der Waals surface area contributed by atoms with Crippen LogP contribution in [0.3, 0.4) is 0 Å². The summed E-state index contributed by atoms with van der Waals surface area (Å²) in [5.74, 6) is 0. The first-order valence-electron chi connectivity index (χ1n) is 4.59. The van der Waals surface area contributed by atoms with Crippen LogP contribution in [0, 0.1) is 0 Å². The Balaban J connectivity index is 2.13. The average Bonchev–Trinajstić information content (AvgIpc) is 2.09. The predicted octanol–water partition coefficient (Wildman–Crippen LogP) is -0.251. The van der Waals surface area contributed by atoms with E-state index < -0.39 is 0 Å². The Kier molecular flexibility index (Phi) is 4.29. The molecule has 12 heavy (non-hydrogen) atoms. The van der Waals surface area contributed by atoms with Gasteiger partial charge in [0.2, 0.25) is 0 Å². The van der Waals surface area contributed by atoms with E-state index in [1.807, 2.05) is 6.08 Å². The monoisotopic (exact) mass is 169 g/mol. The Bertz CT molecular complexity index is 137. The van der Waals surface area contributed by atoms with Gasteiger partial charge in [-0.3, -0.25) is 4.90 Å². The van der Waals surface area contributed by atoms with Gasteiger partial charge in [-0.2, -0.15) is 0 Å². The molecule has 0 bridgehead atoms. The maximum atomic E-state index is 5.35. The van der Waals surface area contributed by atoms with Crippen molar-refractivity contribution in [2.75, 3.05) is 46.3 Å². The Morgan fingerprint density at radius 3 is 2.42 bits per heavy atom. The van der Waals surface area contributed by atoms with Crippen LogP contribution in [0.5, 0.6) is 0 Å². The van der Waals surface area contributed by atoms with Gasteiger partial charge < -0.3 is 10.6 Å². The van der Waals surface area contributed by atoms with E-state index >= 15 is 0 Å². The summed E-state index contributed by atoms with van der Waals surface area (Å²) in [6.45, 7) is 6.47. The molecule has 0 spiro atoms. The van der Waals surface area contributed by atoms with Crippen LogP contribution < -0.4 is 5.73 Å². The lowest BCUT2D eigenvalue weighted by Gasteiger charge is -2.31. The quantitative estimate of drug-likeness (QED) is 0.591. The van der Waals surface area contributed by atoms with E-state index in [9.17, 15) is 0 Å². The lowest BCUT2D eigenvalue weighted by molar-refractivity contribution is 0.166. The second-order valence-electron chi connectivity index (χ2n) is 3.31. The maximum absolute atomic E-state index is 5.35. The second-order valence-corrected chi connectivity index (χ2v) is 3.31. The first-order chi connectivity index (χ1) is 5.83. The SMILES string of the molecule is CN1CCN(CC=CCN)CC1. The predicted molar refractivity (Wildman–Crippen MR) is 52.1 cm³/mol. The third-order valence-electron chi connectivity index (χ3n) is 2.26. The zero-order chi connectivity index (χ0) is 8.81. The van der Waals surface area contributed by atoms with Gasteiger partial charge in [0.05, 0.1) is 0 Å². The molecule has 2 N–H and O–H groups in total. The zero-order valence-electron chi connectivity index (χ0n) is 7.87. The van der Waals surface area contributed by atoms with E-state index in [0.29, 0.717) is 6.54 Å². The fraction of sp³-hybridized carbons (Fsp3) is 0.778. The molecule has 0 aromatic heterocycles. The number of hydrogen-bond acceptors (Lipinski definition) is 3. The molecule has 3 heteroatoms. The van der Waals surface area contributed by atoms with Gasteiger partial charge in [-0.05, 0) is 7.05 Å². The number of nitrogens with two attached hydrogens (primary N) is 1. The molecular formula is C9H19N3. The minimum Gasteiger partial charge on any atom is -0.327 e. The molecule has 3 nitrogen and oxygen atoms in total. The van der Waals surface area contributed by atoms with Crippen LogP contribution in [0.2, 0.25) is 0 Å². The standard InChI is InChI=1S/C9H19N3/c1-11-6-8-12(9-7-11)5-3-2-4-10/h2-3H,4-10H2,1H3. The molecule has 0 aliphatic carbocycles. The van der Waals surface area contributed by atoms with Crippen molar-refractivity contribution in [3.05, 3.63) is 12.2 Å². The van der Waals surface area contributed by atoms with Crippen molar-refractivity contribution in [3.63, 3.8) is 0 Å². The number of piperazine rings is 1. The first kappa shape index (κ1) is 9.71. The minimum atomic E-state index is 0.660. The molecule has 1 heterocycles. The highest BCUT2D eigenvalue weighted by Crippen LogP contribution is 1.98. The van der Waals surface area contributed by atoms with Crippen molar-refractivity contribution in [3.8, 4) is 0 Å². The molecule has 0 aromatic carbocycles. The van der Waals surface area contributed by atoms with Gasteiger partial charge in [-0.1, -0.05) is 12.2 Å². The largest absolute Gasteiger partial charge is 0.327 e. The number of hydrogen-bond donors (Lipinski definition) is 1. The van der Waals surface area contributed by atoms with Gasteiger partial charge in [0, 0.05) is 39.3 Å². The molecule has 1 aliphatic rings. The minimum absolute atomic E-state index is 0.660. The van der Waals surface area contributed by atoms with E-state index in [1.165, 1.54) is 26.2 Å². The molecule has 1 fully saturated rings. The summed E-state index contributed by atoms with van der Waals surface area (Å²) in [4.78, 5) is 4.81. The van der Waals surface area contributed by atoms with Crippen molar-refractivity contribution in [1.29, 1.82) is 0 Å². The molecule has 1 rings (SSSR count). The summed E-state index contributed by atoms with van der Waals surface area (Å²) in [5, 5.41) is 0. The summed E-state index contributed by atoms with van der Waals surface area (Å²) in [6.07, 6.45) is 4.18. The fourth-order valence-electron chi connectivity index (χ4n) is 1.35. The third-order valence-corrected chi connectivity index (χ3v) is 2.26. The van der Waals surface area contributed by atoms with Crippen LogP contribution in [-0.2, 0) is 0 Å². The van der Waals surface area contributed by atoms with Gasteiger partial charge >= 0.3 is 0 Å². The summed E-state index contributed by atoms with van der Waals surface area (Å²) in [5.41, 5.74) is 5.35. The Hall–Kier alpha value is -0.380. The van der Waals surface area contributed by atoms with E-state index in [0.717, 1.165) is 6.54 Å². The summed E-state index contributed by atoms with van der Waals surface area (Å²) in [6, 6.07) is 0. The summed E-state index contributed by atoms with van der Waals surface area (Å²) >= 11 is 0. The molecular weight excluding hydrogens is 150 g/mol. The number of nitrogens with zero attached hydrogens (tertiary/aromatic N) is 2. The van der Waals surface area contributed by atoms with Gasteiger partial charge in [0.15, 0.2) is 0 Å². The molecule has 0 radical (unpaired) electrons. The summed E-state index contributed by atoms with van der Waals surface area (Å²) in [7, 11) is 2.17. The highest BCUT2D eigenvalue weighted by atomic mass is 15.2. The van der Waals surface area contributed by atoms with Crippen LogP contribution >= 0.6 is 0 Å². The molecule has 1 saturated heterocycles. The fourth-order valence-corrected chi connectivity index (χ4v) is 1.35. The van der Waals surface area contributed by atoms with Crippen LogP contribution in [0.4, 0.5) is 0 Å². The maximum Gasteiger partial charge on any atom is 0.0164 e. The first-order valence-corrected chi connectivity index (χ1v) is 4.59. The Morgan fingerprint density at radius 1 is 1.17 bits per heavy atom. The van der Waals surface area contributed by atoms with Crippen molar-refractivity contribution < 1.29 is 0 Å². The third kappa shape index (κ3) is 3.34. The molecule has 0 atom stereocenters. The highest BCUT2D eigenvalue weighted by Gasteiger charge is 2.11. The molecule has 0 saturated carbocycles. The second kappa shape index (κ2) is 5.30. The van der Waals surface area contributed by atoms with Crippen molar-refractivity contribution in [2.45, 2.75) is 0 Å². The van der Waals surface area contributed by atoms with Crippen LogP contribution in [0.25, 0.3) is 0 Å². The highest BCUT2D eigenvalue weighted by molar-refractivity contribution is 4.86. The average molecular weight is 169 g/mol. The number of likely N-dealkylation sites (N-methyl/N-ethyl adjacent to an activating group) is 1. The van der Waals surface area contributed by atoms with E-state index in [4.69, 9.17) is 5.73 Å². The van der Waals surface area contributed by atoms with Crippen molar-refractivity contribution >= 4 is 0 Å². The zero-order valence-corrected chi connectivity index (χ0v) is 7.87. The van der Waals surface area contributed by atoms with Gasteiger partial charge in [-0.15, -0.1) is 0 Å². The smallest absolute Gasteiger partial charge is 0.0164 e. The lowest BCUT2D eigenvalue weighted by atomic mass is 10.3. The topological polar surface area (TPSA) is 32.5 Å². The van der Waals surface area contributed by atoms with Crippen molar-refractivity contribution in [1.82, 2.24) is 9.80 Å². The lowest BCUT2D eigenvalue weighted by Crippen LogP contribution is -2.44. The Labute approximate surface area is 74.8 Å². The normalized spacial score (nSPS) is 22.2. The Morgan fingerprint density at radius 2 is 1.83 bits per heavy atom. The summed E-state index contributed by atoms with van der Waals surface area (Å²) < 4.78 is 0. The van der Waals surface area contributed by atoms with E-state index in [2.05, 4.69) is 22.9 Å². The van der Waals surface area contributed by atoms with Crippen LogP contribution in [-0.4, -0.2) is 56.1 Å². The molecule has 1 aliphatic heterocycles. The van der Waals surface area contributed by atoms with Gasteiger partial charge in [0.1, 0.15) is 0 Å². The van der Waals surface area contributed by atoms with Gasteiger partial charge in [-0.25, -0.2) is 0 Å². The molecule has 0 unspecified atom stereocenters. The molecule has 0 aromatic rings. The number of rotatable bonds is 3.